The van der Waals surface area contributed by atoms with Crippen molar-refractivity contribution in [3.05, 3.63) is 95.3 Å². The summed E-state index contributed by atoms with van der Waals surface area (Å²) in [5, 5.41) is 3.24. The highest BCUT2D eigenvalue weighted by Crippen LogP contribution is 2.49. The second kappa shape index (κ2) is 9.75. The molecule has 0 radical (unpaired) electrons. The van der Waals surface area contributed by atoms with Crippen LogP contribution in [-0.4, -0.2) is 54.1 Å². The van der Waals surface area contributed by atoms with E-state index in [0.29, 0.717) is 18.1 Å². The average molecular weight is 532 g/mol. The number of fused-ring (bicyclic) bond motifs is 3. The molecular weight excluding hydrogens is 498 g/mol. The predicted molar refractivity (Wildman–Crippen MR) is 158 cm³/mol. The van der Waals surface area contributed by atoms with E-state index in [2.05, 4.69) is 58.4 Å². The number of hydrogen-bond acceptors (Lipinski definition) is 6. The molecule has 7 heteroatoms. The summed E-state index contributed by atoms with van der Waals surface area (Å²) in [6, 6.07) is 20.5. The largest absolute Gasteiger partial charge is 0.492 e. The number of carbonyl (C=O) groups is 1. The number of aromatic nitrogens is 2. The minimum atomic E-state index is 0.0562. The zero-order valence-electron chi connectivity index (χ0n) is 23.0. The van der Waals surface area contributed by atoms with Gasteiger partial charge in [0.05, 0.1) is 6.61 Å². The zero-order chi connectivity index (χ0) is 27.3. The molecule has 4 heterocycles. The van der Waals surface area contributed by atoms with Gasteiger partial charge in [-0.25, -0.2) is 9.97 Å². The molecule has 3 aromatic carbocycles. The van der Waals surface area contributed by atoms with E-state index in [0.717, 1.165) is 72.8 Å². The molecule has 1 amide bonds. The molecule has 40 heavy (non-hydrogen) atoms. The Hall–Kier alpha value is -4.23. The second-order valence-corrected chi connectivity index (χ2v) is 11.4. The number of ether oxygens (including phenoxy) is 1. The van der Waals surface area contributed by atoms with Crippen molar-refractivity contribution in [2.75, 3.05) is 43.5 Å². The molecule has 1 N–H and O–H groups in total. The Kier molecular flexibility index (Phi) is 6.04. The van der Waals surface area contributed by atoms with Crippen LogP contribution in [0.15, 0.2) is 73.1 Å². The van der Waals surface area contributed by atoms with E-state index < -0.39 is 0 Å². The van der Waals surface area contributed by atoms with E-state index in [1.165, 1.54) is 11.1 Å². The van der Waals surface area contributed by atoms with E-state index >= 15 is 0 Å². The number of aryl methyl sites for hydroxylation is 1. The molecule has 1 saturated heterocycles. The third kappa shape index (κ3) is 4.31. The number of nitrogens with one attached hydrogen (secondary N) is 1. The van der Waals surface area contributed by atoms with Crippen LogP contribution in [0.3, 0.4) is 0 Å². The predicted octanol–water partition coefficient (Wildman–Crippen LogP) is 5.75. The molecule has 0 unspecified atom stereocenters. The van der Waals surface area contributed by atoms with Crippen LogP contribution in [0.25, 0.3) is 11.1 Å². The fourth-order valence-electron chi connectivity index (χ4n) is 6.42. The molecule has 1 fully saturated rings. The minimum absolute atomic E-state index is 0.0562. The summed E-state index contributed by atoms with van der Waals surface area (Å²) < 4.78 is 6.20. The van der Waals surface area contributed by atoms with E-state index in [9.17, 15) is 4.79 Å². The number of amides is 1. The van der Waals surface area contributed by atoms with Crippen LogP contribution >= 0.6 is 0 Å². The van der Waals surface area contributed by atoms with Crippen LogP contribution in [0.5, 0.6) is 5.75 Å². The Morgan fingerprint density at radius 3 is 2.50 bits per heavy atom. The SMILES string of the molecule is Cc1cc(Nc2ncccn2)ccc1-c1ccc(C(=O)N2CCc3cc4c(cc32)C2(CCN(C)CC2)CO4)cc1. The van der Waals surface area contributed by atoms with Crippen LogP contribution in [0, 0.1) is 6.92 Å². The van der Waals surface area contributed by atoms with Gasteiger partial charge in [0, 0.05) is 46.9 Å². The lowest BCUT2D eigenvalue weighted by molar-refractivity contribution is 0.0989. The molecular formula is C33H33N5O2. The first-order valence-electron chi connectivity index (χ1n) is 14.0. The van der Waals surface area contributed by atoms with Gasteiger partial charge in [0.1, 0.15) is 5.75 Å². The van der Waals surface area contributed by atoms with E-state index in [1.807, 2.05) is 35.2 Å². The summed E-state index contributed by atoms with van der Waals surface area (Å²) in [6.07, 6.45) is 6.49. The highest BCUT2D eigenvalue weighted by Gasteiger charge is 2.44. The number of hydrogen-bond donors (Lipinski definition) is 1. The van der Waals surface area contributed by atoms with Gasteiger partial charge in [-0.15, -0.1) is 0 Å². The van der Waals surface area contributed by atoms with Crippen molar-refractivity contribution in [2.24, 2.45) is 0 Å². The fourth-order valence-corrected chi connectivity index (χ4v) is 6.42. The van der Waals surface area contributed by atoms with Crippen molar-refractivity contribution in [1.82, 2.24) is 14.9 Å². The average Bonchev–Trinajstić information content (AvgIpc) is 3.55. The first-order chi connectivity index (χ1) is 19.5. The molecule has 202 valence electrons. The summed E-state index contributed by atoms with van der Waals surface area (Å²) in [5.74, 6) is 1.65. The molecule has 0 atom stereocenters. The van der Waals surface area contributed by atoms with Crippen molar-refractivity contribution in [3.63, 3.8) is 0 Å². The van der Waals surface area contributed by atoms with Gasteiger partial charge >= 0.3 is 0 Å². The number of carbonyl (C=O) groups excluding carboxylic acids is 1. The number of anilines is 3. The van der Waals surface area contributed by atoms with Gasteiger partial charge in [-0.1, -0.05) is 18.2 Å². The molecule has 7 rings (SSSR count). The van der Waals surface area contributed by atoms with Gasteiger partial charge in [0.2, 0.25) is 5.95 Å². The van der Waals surface area contributed by atoms with Crippen molar-refractivity contribution >= 4 is 23.2 Å². The summed E-state index contributed by atoms with van der Waals surface area (Å²) in [5.41, 5.74) is 8.62. The lowest BCUT2D eigenvalue weighted by Gasteiger charge is -2.37. The van der Waals surface area contributed by atoms with Crippen LogP contribution in [0.4, 0.5) is 17.3 Å². The van der Waals surface area contributed by atoms with Crippen LogP contribution in [0.2, 0.25) is 0 Å². The number of benzene rings is 3. The van der Waals surface area contributed by atoms with Gasteiger partial charge in [0.25, 0.3) is 5.91 Å². The molecule has 0 aliphatic carbocycles. The first-order valence-corrected chi connectivity index (χ1v) is 14.0. The Labute approximate surface area is 234 Å². The lowest BCUT2D eigenvalue weighted by Crippen LogP contribution is -2.42. The summed E-state index contributed by atoms with van der Waals surface area (Å²) >= 11 is 0. The van der Waals surface area contributed by atoms with E-state index in [4.69, 9.17) is 4.74 Å². The Balaban J connectivity index is 1.11. The fraction of sp³-hybridized carbons (Fsp3) is 0.303. The maximum absolute atomic E-state index is 13.7. The molecule has 3 aliphatic heterocycles. The van der Waals surface area contributed by atoms with Crippen molar-refractivity contribution in [3.8, 4) is 16.9 Å². The highest BCUT2D eigenvalue weighted by molar-refractivity contribution is 6.07. The van der Waals surface area contributed by atoms with Gasteiger partial charge in [-0.2, -0.15) is 0 Å². The quantitative estimate of drug-likeness (QED) is 0.361. The molecule has 7 nitrogen and oxygen atoms in total. The number of nitrogens with zero attached hydrogens (tertiary/aromatic N) is 4. The van der Waals surface area contributed by atoms with Crippen molar-refractivity contribution < 1.29 is 9.53 Å². The van der Waals surface area contributed by atoms with Gasteiger partial charge in [0.15, 0.2) is 0 Å². The van der Waals surface area contributed by atoms with Crippen LogP contribution in [0.1, 0.15) is 39.9 Å². The summed E-state index contributed by atoms with van der Waals surface area (Å²) in [6.45, 7) is 5.70. The minimum Gasteiger partial charge on any atom is -0.492 e. The first kappa shape index (κ1) is 24.8. The molecule has 1 spiro atoms. The Bertz CT molecular complexity index is 1580. The second-order valence-electron chi connectivity index (χ2n) is 11.4. The Morgan fingerprint density at radius 2 is 1.75 bits per heavy atom. The van der Waals surface area contributed by atoms with Crippen molar-refractivity contribution in [2.45, 2.75) is 31.6 Å². The number of rotatable bonds is 4. The lowest BCUT2D eigenvalue weighted by atomic mass is 9.74. The van der Waals surface area contributed by atoms with E-state index in [-0.39, 0.29) is 11.3 Å². The number of piperidine rings is 1. The van der Waals surface area contributed by atoms with Crippen LogP contribution in [-0.2, 0) is 11.8 Å². The molecule has 1 aromatic heterocycles. The standard InChI is InChI=1S/C33H33N5O2/c1-22-18-26(36-32-34-13-3-14-35-32)8-9-27(22)23-4-6-24(7-5-23)31(39)38-15-10-25-19-30-28(20-29(25)38)33(21-40-30)11-16-37(2)17-12-33/h3-9,13-14,18-20H,10-12,15-17,21H2,1-2H3,(H,34,35,36). The molecule has 4 aromatic rings. The third-order valence-corrected chi connectivity index (χ3v) is 8.83. The van der Waals surface area contributed by atoms with Gasteiger partial charge < -0.3 is 19.9 Å². The third-order valence-electron chi connectivity index (χ3n) is 8.83. The summed E-state index contributed by atoms with van der Waals surface area (Å²) in [4.78, 5) is 26.5. The molecule has 0 saturated carbocycles. The smallest absolute Gasteiger partial charge is 0.258 e. The summed E-state index contributed by atoms with van der Waals surface area (Å²) in [7, 11) is 2.19. The Morgan fingerprint density at radius 1 is 0.975 bits per heavy atom. The van der Waals surface area contributed by atoms with Crippen LogP contribution < -0.4 is 15.0 Å². The normalized spacial score (nSPS) is 17.4. The molecule has 3 aliphatic rings. The maximum Gasteiger partial charge on any atom is 0.258 e. The molecule has 0 bridgehead atoms. The van der Waals surface area contributed by atoms with Gasteiger partial charge in [-0.05, 0) is 111 Å². The monoisotopic (exact) mass is 531 g/mol. The van der Waals surface area contributed by atoms with Gasteiger partial charge in [-0.3, -0.25) is 4.79 Å². The number of likely N-dealkylation sites (tertiary alicyclic amines) is 1. The zero-order valence-corrected chi connectivity index (χ0v) is 23.0. The van der Waals surface area contributed by atoms with E-state index in [1.54, 1.807) is 18.5 Å². The topological polar surface area (TPSA) is 70.6 Å². The highest BCUT2D eigenvalue weighted by atomic mass is 16.5. The maximum atomic E-state index is 13.7. The van der Waals surface area contributed by atoms with Crippen molar-refractivity contribution in [1.29, 1.82) is 0 Å².